The molecule has 2 saturated heterocycles. The Balaban J connectivity index is 0.926. The number of aryl methyl sites for hydroxylation is 3. The summed E-state index contributed by atoms with van der Waals surface area (Å²) in [7, 11) is 3.45. The molecule has 2 unspecified atom stereocenters. The van der Waals surface area contributed by atoms with Crippen LogP contribution in [0.4, 0.5) is 16.2 Å². The van der Waals surface area contributed by atoms with Crippen LogP contribution < -0.4 is 15.0 Å². The largest absolute Gasteiger partial charge is 0.493 e. The number of fused-ring (bicyclic) bond motifs is 2. The molecule has 15 nitrogen and oxygen atoms in total. The number of unbranched alkanes of at least 4 members (excludes halogenated alkanes) is 2. The van der Waals surface area contributed by atoms with Crippen LogP contribution in [0.25, 0.3) is 11.1 Å². The number of hydrogen-bond acceptors (Lipinski definition) is 9. The van der Waals surface area contributed by atoms with Crippen molar-refractivity contribution in [3.8, 4) is 16.9 Å². The van der Waals surface area contributed by atoms with Gasteiger partial charge in [-0.2, -0.15) is 0 Å². The second-order valence-electron chi connectivity index (χ2n) is 16.5. The number of amides is 3. The third-order valence-electron chi connectivity index (χ3n) is 11.9. The number of aromatic carboxylic acids is 1. The number of rotatable bonds is 17. The van der Waals surface area contributed by atoms with Crippen LogP contribution in [-0.4, -0.2) is 93.7 Å². The summed E-state index contributed by atoms with van der Waals surface area (Å²) >= 11 is 0. The predicted molar refractivity (Wildman–Crippen MR) is 236 cm³/mol. The first-order chi connectivity index (χ1) is 30.4. The molecule has 63 heavy (non-hydrogen) atoms. The Labute approximate surface area is 367 Å². The van der Waals surface area contributed by atoms with Crippen LogP contribution >= 0.6 is 0 Å². The van der Waals surface area contributed by atoms with Crippen molar-refractivity contribution in [3.63, 3.8) is 0 Å². The van der Waals surface area contributed by atoms with Crippen molar-refractivity contribution < 1.29 is 48.0 Å². The summed E-state index contributed by atoms with van der Waals surface area (Å²) in [5, 5.41) is 12.3. The number of aromatic nitrogens is 2. The quantitative estimate of drug-likeness (QED) is 0.0602. The minimum absolute atomic E-state index is 0.00718. The molecule has 2 aromatic heterocycles. The molecular weight excluding hydrogens is 807 g/mol. The van der Waals surface area contributed by atoms with Crippen LogP contribution in [0.5, 0.6) is 5.75 Å². The van der Waals surface area contributed by atoms with Crippen molar-refractivity contribution in [2.45, 2.75) is 96.1 Å². The Hall–Kier alpha value is -6.19. The number of piperidine rings is 1. The highest BCUT2D eigenvalue weighted by Crippen LogP contribution is 2.40. The number of nitrogens with one attached hydrogen (secondary N) is 1. The molecule has 5 heterocycles. The fraction of sp³-hybridized carbons (Fsp3) is 0.438. The normalized spacial score (nSPS) is 18.5. The lowest BCUT2D eigenvalue weighted by Gasteiger charge is -2.42. The molecule has 4 aromatic rings. The van der Waals surface area contributed by atoms with Gasteiger partial charge >= 0.3 is 12.1 Å². The Bertz CT molecular complexity index is 2320. The van der Waals surface area contributed by atoms with Crippen LogP contribution in [0.3, 0.4) is 0 Å². The highest BCUT2D eigenvalue weighted by atomic mass is 16.7. The SMILES string of the molecule is C=CCOC(=O)N1c2cc(OCCCCCC(=O)Nc3cc(C(=O)Cc4ccc(-c5cc(C(=O)O)n(C)c5)cc4)n(C)c3)c(C)cc2C(=O)N2CCCC[C@H]2C1OC1CCCCO1. The van der Waals surface area contributed by atoms with E-state index < -0.39 is 24.6 Å². The van der Waals surface area contributed by atoms with Crippen molar-refractivity contribution in [1.29, 1.82) is 0 Å². The molecule has 3 atom stereocenters. The molecule has 0 radical (unpaired) electrons. The number of ketones is 1. The first-order valence-corrected chi connectivity index (χ1v) is 21.8. The summed E-state index contributed by atoms with van der Waals surface area (Å²) in [5.41, 5.74) is 5.13. The zero-order valence-electron chi connectivity index (χ0n) is 36.3. The Kier molecular flexibility index (Phi) is 14.5. The number of carboxylic acids is 1. The molecule has 0 bridgehead atoms. The highest BCUT2D eigenvalue weighted by Gasteiger charge is 2.46. The number of benzene rings is 2. The predicted octanol–water partition coefficient (Wildman–Crippen LogP) is 8.05. The van der Waals surface area contributed by atoms with Crippen LogP contribution in [0.2, 0.25) is 0 Å². The lowest BCUT2D eigenvalue weighted by Crippen LogP contribution is -2.57. The second kappa shape index (κ2) is 20.3. The third-order valence-corrected chi connectivity index (χ3v) is 11.9. The number of carboxylic acid groups (broad SMARTS) is 1. The number of carbonyl (C=O) groups is 5. The average Bonchev–Trinajstić information content (AvgIpc) is 3.83. The molecule has 0 saturated carbocycles. The molecule has 3 amide bonds. The molecular formula is C48H57N5O10. The standard InChI is InChI=1S/C48H57N5O10/c1-5-21-62-48(59)53-38-28-42(31(2)24-36(38)45(56)52-20-10-8-13-37(52)46(53)63-44-15-9-12-23-61-44)60-22-11-6-7-14-43(55)49-35-27-39(51(4)30-35)41(54)25-32-16-18-33(19-17-32)34-26-40(47(57)58)50(3)29-34/h5,16-19,24,26-30,37,44,46H,1,6-15,20-23,25H2,2-4H3,(H,49,55)(H,57,58)/t37-,44?,46?/m0/s1. The lowest BCUT2D eigenvalue weighted by atomic mass is 10.00. The maximum Gasteiger partial charge on any atom is 0.416 e. The summed E-state index contributed by atoms with van der Waals surface area (Å²) in [4.78, 5) is 69.0. The molecule has 0 spiro atoms. The summed E-state index contributed by atoms with van der Waals surface area (Å²) in [6, 6.07) is 13.9. The van der Waals surface area contributed by atoms with E-state index in [1.165, 1.54) is 11.0 Å². The van der Waals surface area contributed by atoms with Gasteiger partial charge in [0.05, 0.1) is 35.3 Å². The van der Waals surface area contributed by atoms with Crippen molar-refractivity contribution in [2.75, 3.05) is 36.6 Å². The molecule has 334 valence electrons. The van der Waals surface area contributed by atoms with Gasteiger partial charge in [0.1, 0.15) is 18.1 Å². The number of hydrogen-bond donors (Lipinski definition) is 2. The number of anilines is 2. The van der Waals surface area contributed by atoms with Gasteiger partial charge in [-0.05, 0) is 99.6 Å². The highest BCUT2D eigenvalue weighted by molar-refractivity contribution is 6.05. The van der Waals surface area contributed by atoms with Gasteiger partial charge in [-0.3, -0.25) is 14.4 Å². The number of Topliss-reactive ketones (excluding diaryl/α,β-unsaturated/α-hetero) is 1. The Morgan fingerprint density at radius 3 is 2.43 bits per heavy atom. The van der Waals surface area contributed by atoms with Gasteiger partial charge in [0.25, 0.3) is 5.91 Å². The van der Waals surface area contributed by atoms with Gasteiger partial charge in [-0.1, -0.05) is 36.9 Å². The van der Waals surface area contributed by atoms with Crippen LogP contribution in [0.15, 0.2) is 73.6 Å². The van der Waals surface area contributed by atoms with Gasteiger partial charge in [-0.15, -0.1) is 0 Å². The molecule has 3 aliphatic heterocycles. The maximum absolute atomic E-state index is 14.2. The summed E-state index contributed by atoms with van der Waals surface area (Å²) < 4.78 is 27.7. The summed E-state index contributed by atoms with van der Waals surface area (Å²) in [6.07, 6.45) is 10.4. The molecule has 7 rings (SSSR count). The van der Waals surface area contributed by atoms with E-state index in [-0.39, 0.29) is 48.8 Å². The Morgan fingerprint density at radius 2 is 1.70 bits per heavy atom. The van der Waals surface area contributed by atoms with E-state index in [0.717, 1.165) is 47.9 Å². The molecule has 2 N–H and O–H groups in total. The van der Waals surface area contributed by atoms with E-state index in [4.69, 9.17) is 18.9 Å². The first kappa shape index (κ1) is 44.9. The smallest absolute Gasteiger partial charge is 0.416 e. The summed E-state index contributed by atoms with van der Waals surface area (Å²) in [6.45, 7) is 7.04. The minimum Gasteiger partial charge on any atom is -0.493 e. The summed E-state index contributed by atoms with van der Waals surface area (Å²) in [5.74, 6) is -0.896. The van der Waals surface area contributed by atoms with Crippen molar-refractivity contribution >= 4 is 41.0 Å². The van der Waals surface area contributed by atoms with E-state index >= 15 is 0 Å². The monoisotopic (exact) mass is 863 g/mol. The van der Waals surface area contributed by atoms with E-state index in [2.05, 4.69) is 11.9 Å². The van der Waals surface area contributed by atoms with Crippen LogP contribution in [0, 0.1) is 6.92 Å². The maximum atomic E-state index is 14.2. The zero-order chi connectivity index (χ0) is 44.6. The fourth-order valence-electron chi connectivity index (χ4n) is 8.61. The number of carbonyl (C=O) groups excluding carboxylic acids is 4. The van der Waals surface area contributed by atoms with Crippen molar-refractivity contribution in [2.24, 2.45) is 14.1 Å². The van der Waals surface area contributed by atoms with E-state index in [0.29, 0.717) is 80.2 Å². The second-order valence-corrected chi connectivity index (χ2v) is 16.5. The van der Waals surface area contributed by atoms with Crippen molar-refractivity contribution in [1.82, 2.24) is 14.0 Å². The molecule has 3 aliphatic rings. The van der Waals surface area contributed by atoms with E-state index in [1.807, 2.05) is 36.1 Å². The number of nitrogens with zero attached hydrogens (tertiary/aromatic N) is 4. The molecule has 15 heteroatoms. The van der Waals surface area contributed by atoms with Gasteiger partial charge in [0, 0.05) is 64.1 Å². The minimum atomic E-state index is -0.998. The van der Waals surface area contributed by atoms with Crippen molar-refractivity contribution in [3.05, 3.63) is 102 Å². The van der Waals surface area contributed by atoms with Crippen LogP contribution in [0.1, 0.15) is 107 Å². The van der Waals surface area contributed by atoms with Crippen LogP contribution in [-0.2, 0) is 39.5 Å². The molecule has 2 fully saturated rings. The average molecular weight is 864 g/mol. The zero-order valence-corrected chi connectivity index (χ0v) is 36.3. The molecule has 2 aromatic carbocycles. The lowest BCUT2D eigenvalue weighted by molar-refractivity contribution is -0.198. The van der Waals surface area contributed by atoms with E-state index in [1.54, 1.807) is 59.9 Å². The Morgan fingerprint density at radius 1 is 0.921 bits per heavy atom. The van der Waals surface area contributed by atoms with Gasteiger partial charge in [0.2, 0.25) is 5.91 Å². The topological polar surface area (TPSA) is 171 Å². The van der Waals surface area contributed by atoms with E-state index in [9.17, 15) is 29.1 Å². The first-order valence-electron chi connectivity index (χ1n) is 21.8. The van der Waals surface area contributed by atoms with Gasteiger partial charge in [-0.25, -0.2) is 14.5 Å². The van der Waals surface area contributed by atoms with Gasteiger partial charge in [0.15, 0.2) is 18.3 Å². The van der Waals surface area contributed by atoms with Gasteiger partial charge < -0.3 is 43.4 Å². The fourth-order valence-corrected chi connectivity index (χ4v) is 8.61. The number of ether oxygens (including phenoxy) is 4. The molecule has 0 aliphatic carbocycles. The third kappa shape index (κ3) is 10.5.